The van der Waals surface area contributed by atoms with E-state index < -0.39 is 6.61 Å². The molecule has 0 aromatic heterocycles. The van der Waals surface area contributed by atoms with Gasteiger partial charge in [0.25, 0.3) is 0 Å². The fraction of sp³-hybridized carbons (Fsp3) is 0.316. The Morgan fingerprint density at radius 2 is 1.89 bits per heavy atom. The van der Waals surface area contributed by atoms with Gasteiger partial charge in [-0.3, -0.25) is 0 Å². The molecule has 0 spiro atoms. The lowest BCUT2D eigenvalue weighted by Gasteiger charge is -2.36. The molecule has 1 saturated heterocycles. The number of alkyl halides is 2. The van der Waals surface area contributed by atoms with E-state index in [2.05, 4.69) is 40.1 Å². The number of piperazine rings is 1. The van der Waals surface area contributed by atoms with Crippen LogP contribution in [0.4, 0.5) is 25.0 Å². The van der Waals surface area contributed by atoms with Crippen LogP contribution in [0.3, 0.4) is 0 Å². The number of hydrogen-bond acceptors (Lipinski definition) is 3. The second kappa shape index (κ2) is 8.43. The van der Waals surface area contributed by atoms with Gasteiger partial charge < -0.3 is 19.9 Å². The standard InChI is InChI=1S/C19H20ClF2N3O2/c1-13-3-2-4-15(11-13)24-7-9-25(10-8-24)19(26)23-14-5-6-17(16(20)12-14)27-18(21)22/h2-6,11-12,18H,7-10H2,1H3,(H,23,26). The van der Waals surface area contributed by atoms with Gasteiger partial charge in [0.15, 0.2) is 0 Å². The van der Waals surface area contributed by atoms with Gasteiger partial charge in [-0.2, -0.15) is 8.78 Å². The number of halogens is 3. The molecule has 5 nitrogen and oxygen atoms in total. The zero-order chi connectivity index (χ0) is 19.4. The Balaban J connectivity index is 1.56. The highest BCUT2D eigenvalue weighted by atomic mass is 35.5. The Kier molecular flexibility index (Phi) is 6.01. The quantitative estimate of drug-likeness (QED) is 0.822. The molecule has 2 amide bonds. The molecule has 2 aromatic rings. The van der Waals surface area contributed by atoms with Crippen LogP contribution in [0.2, 0.25) is 5.02 Å². The van der Waals surface area contributed by atoms with Gasteiger partial charge in [-0.25, -0.2) is 4.79 Å². The topological polar surface area (TPSA) is 44.8 Å². The molecule has 3 rings (SSSR count). The maximum Gasteiger partial charge on any atom is 0.387 e. The molecule has 27 heavy (non-hydrogen) atoms. The lowest BCUT2D eigenvalue weighted by Crippen LogP contribution is -2.50. The van der Waals surface area contributed by atoms with Crippen molar-refractivity contribution in [3.63, 3.8) is 0 Å². The third-order valence-corrected chi connectivity index (χ3v) is 4.63. The van der Waals surface area contributed by atoms with Crippen molar-refractivity contribution in [1.29, 1.82) is 0 Å². The van der Waals surface area contributed by atoms with Crippen molar-refractivity contribution >= 4 is 29.0 Å². The van der Waals surface area contributed by atoms with Gasteiger partial charge in [0.1, 0.15) is 5.75 Å². The van der Waals surface area contributed by atoms with Crippen LogP contribution in [-0.2, 0) is 0 Å². The number of carbonyl (C=O) groups is 1. The Bertz CT molecular complexity index is 811. The fourth-order valence-electron chi connectivity index (χ4n) is 2.97. The summed E-state index contributed by atoms with van der Waals surface area (Å²) in [5.41, 5.74) is 2.77. The van der Waals surface area contributed by atoms with E-state index in [0.717, 1.165) is 18.8 Å². The Labute approximate surface area is 161 Å². The zero-order valence-corrected chi connectivity index (χ0v) is 15.5. The molecule has 1 aliphatic rings. The predicted octanol–water partition coefficient (Wildman–Crippen LogP) is 4.60. The highest BCUT2D eigenvalue weighted by Gasteiger charge is 2.21. The number of ether oxygens (including phenoxy) is 1. The number of benzene rings is 2. The second-order valence-corrected chi connectivity index (χ2v) is 6.67. The molecule has 0 atom stereocenters. The molecule has 8 heteroatoms. The molecule has 0 unspecified atom stereocenters. The first-order valence-electron chi connectivity index (χ1n) is 8.54. The van der Waals surface area contributed by atoms with Crippen molar-refractivity contribution in [2.75, 3.05) is 36.4 Å². The van der Waals surface area contributed by atoms with Crippen LogP contribution < -0.4 is 15.0 Å². The van der Waals surface area contributed by atoms with Gasteiger partial charge in [-0.05, 0) is 42.8 Å². The van der Waals surface area contributed by atoms with Crippen LogP contribution in [0, 0.1) is 6.92 Å². The Morgan fingerprint density at radius 3 is 2.52 bits per heavy atom. The molecule has 1 heterocycles. The third kappa shape index (κ3) is 5.01. The highest BCUT2D eigenvalue weighted by molar-refractivity contribution is 6.32. The van der Waals surface area contributed by atoms with Crippen LogP contribution >= 0.6 is 11.6 Å². The number of nitrogens with zero attached hydrogens (tertiary/aromatic N) is 2. The van der Waals surface area contributed by atoms with Crippen molar-refractivity contribution in [3.05, 3.63) is 53.1 Å². The third-order valence-electron chi connectivity index (χ3n) is 4.33. The first-order chi connectivity index (χ1) is 12.9. The van der Waals surface area contributed by atoms with Crippen molar-refractivity contribution in [3.8, 4) is 5.75 Å². The van der Waals surface area contributed by atoms with E-state index in [0.29, 0.717) is 18.8 Å². The lowest BCUT2D eigenvalue weighted by molar-refractivity contribution is -0.0497. The Hall–Kier alpha value is -2.54. The molecule has 1 fully saturated rings. The van der Waals surface area contributed by atoms with E-state index in [9.17, 15) is 13.6 Å². The number of nitrogens with one attached hydrogen (secondary N) is 1. The van der Waals surface area contributed by atoms with Crippen LogP contribution in [-0.4, -0.2) is 43.7 Å². The fourth-order valence-corrected chi connectivity index (χ4v) is 3.19. The molecular weight excluding hydrogens is 376 g/mol. The maximum absolute atomic E-state index is 12.4. The predicted molar refractivity (Wildman–Crippen MR) is 102 cm³/mol. The van der Waals surface area contributed by atoms with Crippen molar-refractivity contribution in [1.82, 2.24) is 4.90 Å². The highest BCUT2D eigenvalue weighted by Crippen LogP contribution is 2.29. The first kappa shape index (κ1) is 19.2. The van der Waals surface area contributed by atoms with Gasteiger partial charge in [0.2, 0.25) is 0 Å². The summed E-state index contributed by atoms with van der Waals surface area (Å²) >= 11 is 5.91. The minimum absolute atomic E-state index is 0.0115. The second-order valence-electron chi connectivity index (χ2n) is 6.27. The minimum Gasteiger partial charge on any atom is -0.433 e. The molecule has 1 aliphatic heterocycles. The number of anilines is 2. The van der Waals surface area contributed by atoms with E-state index in [1.165, 1.54) is 23.8 Å². The average Bonchev–Trinajstić information content (AvgIpc) is 2.64. The lowest BCUT2D eigenvalue weighted by atomic mass is 10.2. The molecule has 144 valence electrons. The molecule has 0 saturated carbocycles. The summed E-state index contributed by atoms with van der Waals surface area (Å²) in [4.78, 5) is 16.4. The van der Waals surface area contributed by atoms with Crippen molar-refractivity contribution < 1.29 is 18.3 Å². The molecule has 2 aromatic carbocycles. The SMILES string of the molecule is Cc1cccc(N2CCN(C(=O)Nc3ccc(OC(F)F)c(Cl)c3)CC2)c1. The smallest absolute Gasteiger partial charge is 0.387 e. The van der Waals surface area contributed by atoms with E-state index >= 15 is 0 Å². The van der Waals surface area contributed by atoms with Gasteiger partial charge in [0.05, 0.1) is 5.02 Å². The van der Waals surface area contributed by atoms with E-state index in [1.54, 1.807) is 4.90 Å². The first-order valence-corrected chi connectivity index (χ1v) is 8.92. The van der Waals surface area contributed by atoms with Gasteiger partial charge in [-0.15, -0.1) is 0 Å². The summed E-state index contributed by atoms with van der Waals surface area (Å²) in [5, 5.41) is 2.75. The minimum atomic E-state index is -2.95. The van der Waals surface area contributed by atoms with Crippen LogP contribution in [0.1, 0.15) is 5.56 Å². The number of rotatable bonds is 4. The summed E-state index contributed by atoms with van der Waals surface area (Å²) in [7, 11) is 0. The summed E-state index contributed by atoms with van der Waals surface area (Å²) in [6.45, 7) is 1.74. The number of carbonyl (C=O) groups excluding carboxylic acids is 1. The average molecular weight is 396 g/mol. The molecule has 1 N–H and O–H groups in total. The van der Waals surface area contributed by atoms with Crippen molar-refractivity contribution in [2.45, 2.75) is 13.5 Å². The van der Waals surface area contributed by atoms with E-state index in [1.807, 2.05) is 6.07 Å². The monoisotopic (exact) mass is 395 g/mol. The number of hydrogen-bond donors (Lipinski definition) is 1. The number of urea groups is 1. The van der Waals surface area contributed by atoms with Gasteiger partial charge in [-0.1, -0.05) is 23.7 Å². The number of amides is 2. The van der Waals surface area contributed by atoms with Crippen molar-refractivity contribution in [2.24, 2.45) is 0 Å². The molecular formula is C19H20ClF2N3O2. The number of aryl methyl sites for hydroxylation is 1. The molecule has 0 bridgehead atoms. The summed E-state index contributed by atoms with van der Waals surface area (Å²) < 4.78 is 28.8. The Morgan fingerprint density at radius 1 is 1.15 bits per heavy atom. The summed E-state index contributed by atoms with van der Waals surface area (Å²) in [6, 6.07) is 12.2. The maximum atomic E-state index is 12.4. The molecule has 0 radical (unpaired) electrons. The summed E-state index contributed by atoms with van der Waals surface area (Å²) in [5.74, 6) is -0.128. The van der Waals surface area contributed by atoms with Crippen LogP contribution in [0.25, 0.3) is 0 Å². The summed E-state index contributed by atoms with van der Waals surface area (Å²) in [6.07, 6.45) is 0. The van der Waals surface area contributed by atoms with Crippen LogP contribution in [0.15, 0.2) is 42.5 Å². The zero-order valence-electron chi connectivity index (χ0n) is 14.8. The van der Waals surface area contributed by atoms with Gasteiger partial charge >= 0.3 is 12.6 Å². The van der Waals surface area contributed by atoms with Crippen LogP contribution in [0.5, 0.6) is 5.75 Å². The molecule has 0 aliphatic carbocycles. The largest absolute Gasteiger partial charge is 0.433 e. The van der Waals surface area contributed by atoms with E-state index in [-0.39, 0.29) is 16.8 Å². The van der Waals surface area contributed by atoms with E-state index in [4.69, 9.17) is 11.6 Å². The normalized spacial score (nSPS) is 14.4. The van der Waals surface area contributed by atoms with Gasteiger partial charge in [0, 0.05) is 37.6 Å².